The van der Waals surface area contributed by atoms with Gasteiger partial charge in [0.15, 0.2) is 0 Å². The molecule has 1 fully saturated rings. The van der Waals surface area contributed by atoms with Crippen LogP contribution in [0.4, 0.5) is 8.78 Å². The van der Waals surface area contributed by atoms with E-state index in [1.54, 1.807) is 6.92 Å². The third-order valence-corrected chi connectivity index (χ3v) is 2.75. The molecule has 1 aliphatic heterocycles. The van der Waals surface area contributed by atoms with Crippen LogP contribution in [0.25, 0.3) is 0 Å². The average molecular weight is 220 g/mol. The number of likely N-dealkylation sites (tertiary alicyclic amines) is 1. The zero-order valence-corrected chi connectivity index (χ0v) is 8.45. The minimum Gasteiger partial charge on any atom is -0.369 e. The first kappa shape index (κ1) is 11.9. The number of rotatable bonds is 2. The molecule has 0 bridgehead atoms. The molecular weight excluding hydrogens is 206 g/mol. The quantitative estimate of drug-likeness (QED) is 0.730. The van der Waals surface area contributed by atoms with Gasteiger partial charge >= 0.3 is 6.43 Å². The molecule has 2 unspecified atom stereocenters. The van der Waals surface area contributed by atoms with Crippen LogP contribution in [-0.4, -0.2) is 35.7 Å². The van der Waals surface area contributed by atoms with Crippen LogP contribution in [-0.2, 0) is 9.59 Å². The van der Waals surface area contributed by atoms with E-state index in [0.717, 1.165) is 4.90 Å². The van der Waals surface area contributed by atoms with Crippen molar-refractivity contribution in [2.45, 2.75) is 32.2 Å². The Balaban J connectivity index is 2.69. The van der Waals surface area contributed by atoms with Gasteiger partial charge in [-0.05, 0) is 19.8 Å². The Hall–Kier alpha value is -1.20. The summed E-state index contributed by atoms with van der Waals surface area (Å²) in [6, 6.07) is -0.248. The number of nitrogens with two attached hydrogens (primary N) is 1. The fourth-order valence-electron chi connectivity index (χ4n) is 1.77. The van der Waals surface area contributed by atoms with E-state index < -0.39 is 24.2 Å². The summed E-state index contributed by atoms with van der Waals surface area (Å²) in [6.45, 7) is 1.71. The molecule has 6 heteroatoms. The largest absolute Gasteiger partial charge is 0.369 e. The summed E-state index contributed by atoms with van der Waals surface area (Å²) >= 11 is 0. The average Bonchev–Trinajstić information content (AvgIpc) is 2.16. The molecule has 0 aliphatic carbocycles. The summed E-state index contributed by atoms with van der Waals surface area (Å²) in [7, 11) is 0. The van der Waals surface area contributed by atoms with Crippen molar-refractivity contribution < 1.29 is 18.4 Å². The third kappa shape index (κ3) is 2.64. The van der Waals surface area contributed by atoms with E-state index in [0.29, 0.717) is 12.8 Å². The Bertz CT molecular complexity index is 271. The molecular formula is C9H14F2N2O2. The number of primary amides is 1. The molecule has 0 aromatic heterocycles. The molecule has 0 spiro atoms. The highest BCUT2D eigenvalue weighted by atomic mass is 19.3. The van der Waals surface area contributed by atoms with Crippen molar-refractivity contribution in [1.29, 1.82) is 0 Å². The second-order valence-electron chi connectivity index (χ2n) is 3.82. The predicted octanol–water partition coefficient (Wildman–Crippen LogP) is 0.364. The summed E-state index contributed by atoms with van der Waals surface area (Å²) in [4.78, 5) is 23.0. The van der Waals surface area contributed by atoms with E-state index in [1.165, 1.54) is 0 Å². The lowest BCUT2D eigenvalue weighted by molar-refractivity contribution is -0.148. The number of hydrogen-bond donors (Lipinski definition) is 1. The van der Waals surface area contributed by atoms with E-state index >= 15 is 0 Å². The third-order valence-electron chi connectivity index (χ3n) is 2.75. The van der Waals surface area contributed by atoms with E-state index in [-0.39, 0.29) is 12.6 Å². The number of carbonyl (C=O) groups excluding carboxylic acids is 2. The van der Waals surface area contributed by atoms with Crippen molar-refractivity contribution in [2.75, 3.05) is 6.54 Å². The Morgan fingerprint density at radius 1 is 1.40 bits per heavy atom. The minimum atomic E-state index is -3.01. The molecule has 4 nitrogen and oxygen atoms in total. The molecule has 2 atom stereocenters. The zero-order valence-electron chi connectivity index (χ0n) is 8.45. The SMILES string of the molecule is CC1CCC(C(N)=O)CN1C(=O)C(F)F. The lowest BCUT2D eigenvalue weighted by Crippen LogP contribution is -2.50. The molecule has 1 aliphatic rings. The minimum absolute atomic E-state index is 0.0136. The van der Waals surface area contributed by atoms with Gasteiger partial charge in [0, 0.05) is 12.6 Å². The number of halogens is 2. The van der Waals surface area contributed by atoms with Crippen LogP contribution in [0, 0.1) is 5.92 Å². The van der Waals surface area contributed by atoms with E-state index in [2.05, 4.69) is 0 Å². The first-order valence-electron chi connectivity index (χ1n) is 4.81. The number of alkyl halides is 2. The molecule has 0 radical (unpaired) electrons. The highest BCUT2D eigenvalue weighted by molar-refractivity contribution is 5.82. The molecule has 2 amide bonds. The molecule has 15 heavy (non-hydrogen) atoms. The smallest absolute Gasteiger partial charge is 0.315 e. The van der Waals surface area contributed by atoms with Crippen molar-refractivity contribution in [3.05, 3.63) is 0 Å². The van der Waals surface area contributed by atoms with Crippen LogP contribution in [0.2, 0.25) is 0 Å². The van der Waals surface area contributed by atoms with Gasteiger partial charge in [0.05, 0.1) is 5.92 Å². The second kappa shape index (κ2) is 4.55. The normalized spacial score (nSPS) is 26.8. The maximum Gasteiger partial charge on any atom is 0.315 e. The van der Waals surface area contributed by atoms with Crippen molar-refractivity contribution in [1.82, 2.24) is 4.90 Å². The van der Waals surface area contributed by atoms with Gasteiger partial charge in [0.1, 0.15) is 0 Å². The lowest BCUT2D eigenvalue weighted by Gasteiger charge is -2.36. The highest BCUT2D eigenvalue weighted by Crippen LogP contribution is 2.22. The van der Waals surface area contributed by atoms with Gasteiger partial charge in [-0.1, -0.05) is 0 Å². The first-order chi connectivity index (χ1) is 6.93. The van der Waals surface area contributed by atoms with Gasteiger partial charge in [-0.2, -0.15) is 8.78 Å². The maximum atomic E-state index is 12.2. The number of piperidine rings is 1. The summed E-state index contributed by atoms with van der Waals surface area (Å²) in [6.07, 6.45) is -1.92. The summed E-state index contributed by atoms with van der Waals surface area (Å²) in [5.74, 6) is -2.24. The molecule has 2 N–H and O–H groups in total. The molecule has 1 heterocycles. The van der Waals surface area contributed by atoms with Crippen LogP contribution in [0.1, 0.15) is 19.8 Å². The summed E-state index contributed by atoms with van der Waals surface area (Å²) < 4.78 is 24.4. The van der Waals surface area contributed by atoms with Gasteiger partial charge in [-0.15, -0.1) is 0 Å². The fourth-order valence-corrected chi connectivity index (χ4v) is 1.77. The van der Waals surface area contributed by atoms with Crippen molar-refractivity contribution in [2.24, 2.45) is 11.7 Å². The summed E-state index contributed by atoms with van der Waals surface area (Å²) in [5, 5.41) is 0. The van der Waals surface area contributed by atoms with Crippen molar-refractivity contribution in [3.8, 4) is 0 Å². The molecule has 86 valence electrons. The maximum absolute atomic E-state index is 12.2. The lowest BCUT2D eigenvalue weighted by atomic mass is 9.93. The fraction of sp³-hybridized carbons (Fsp3) is 0.778. The highest BCUT2D eigenvalue weighted by Gasteiger charge is 2.34. The molecule has 0 aromatic rings. The number of nitrogens with zero attached hydrogens (tertiary/aromatic N) is 1. The van der Waals surface area contributed by atoms with Crippen molar-refractivity contribution >= 4 is 11.8 Å². The van der Waals surface area contributed by atoms with Crippen LogP contribution in [0.5, 0.6) is 0 Å². The standard InChI is InChI=1S/C9H14F2N2O2/c1-5-2-3-6(8(12)14)4-13(5)9(15)7(10)11/h5-7H,2-4H2,1H3,(H2,12,14). The van der Waals surface area contributed by atoms with Crippen LogP contribution in [0.3, 0.4) is 0 Å². The molecule has 1 rings (SSSR count). The van der Waals surface area contributed by atoms with Crippen LogP contribution >= 0.6 is 0 Å². The van der Waals surface area contributed by atoms with Gasteiger partial charge in [0.2, 0.25) is 5.91 Å². The van der Waals surface area contributed by atoms with E-state index in [9.17, 15) is 18.4 Å². The monoisotopic (exact) mass is 220 g/mol. The van der Waals surface area contributed by atoms with Gasteiger partial charge in [-0.3, -0.25) is 9.59 Å². The van der Waals surface area contributed by atoms with Crippen molar-refractivity contribution in [3.63, 3.8) is 0 Å². The Labute approximate surface area is 86.4 Å². The zero-order chi connectivity index (χ0) is 11.6. The Morgan fingerprint density at radius 3 is 2.47 bits per heavy atom. The van der Waals surface area contributed by atoms with Gasteiger partial charge < -0.3 is 10.6 Å². The van der Waals surface area contributed by atoms with Gasteiger partial charge in [0.25, 0.3) is 5.91 Å². The summed E-state index contributed by atoms with van der Waals surface area (Å²) in [5.41, 5.74) is 5.09. The first-order valence-corrected chi connectivity index (χ1v) is 4.81. The second-order valence-corrected chi connectivity index (χ2v) is 3.82. The topological polar surface area (TPSA) is 63.4 Å². The number of carbonyl (C=O) groups is 2. The van der Waals surface area contributed by atoms with E-state index in [4.69, 9.17) is 5.73 Å². The predicted molar refractivity (Wildman–Crippen MR) is 49.1 cm³/mol. The van der Waals surface area contributed by atoms with Crippen LogP contribution in [0.15, 0.2) is 0 Å². The molecule has 0 aromatic carbocycles. The van der Waals surface area contributed by atoms with Crippen LogP contribution < -0.4 is 5.73 Å². The number of hydrogen-bond acceptors (Lipinski definition) is 2. The Morgan fingerprint density at radius 2 is 2.00 bits per heavy atom. The Kier molecular flexibility index (Phi) is 3.60. The van der Waals surface area contributed by atoms with Gasteiger partial charge in [-0.25, -0.2) is 0 Å². The molecule has 1 saturated heterocycles. The number of amides is 2. The molecule has 0 saturated carbocycles. The van der Waals surface area contributed by atoms with E-state index in [1.807, 2.05) is 0 Å².